The van der Waals surface area contributed by atoms with Gasteiger partial charge in [0.1, 0.15) is 0 Å². The van der Waals surface area contributed by atoms with Crippen LogP contribution >= 0.6 is 22.6 Å². The van der Waals surface area contributed by atoms with Crippen LogP contribution in [0.5, 0.6) is 0 Å². The molecule has 1 aromatic carbocycles. The highest BCUT2D eigenvalue weighted by atomic mass is 127. The second-order valence-corrected chi connectivity index (χ2v) is 6.31. The number of nitrogens with zero attached hydrogens (tertiary/aromatic N) is 1. The molecule has 2 heterocycles. The summed E-state index contributed by atoms with van der Waals surface area (Å²) in [5.74, 6) is 0.0961. The van der Waals surface area contributed by atoms with Gasteiger partial charge in [-0.25, -0.2) is 0 Å². The van der Waals surface area contributed by atoms with Crippen molar-refractivity contribution in [1.82, 2.24) is 4.90 Å². The molecule has 2 saturated heterocycles. The quantitative estimate of drug-likeness (QED) is 0.733. The van der Waals surface area contributed by atoms with Gasteiger partial charge in [0.05, 0.1) is 24.8 Å². The Kier molecular flexibility index (Phi) is 4.58. The highest BCUT2D eigenvalue weighted by Crippen LogP contribution is 2.27. The van der Waals surface area contributed by atoms with Crippen LogP contribution in [0, 0.1) is 3.57 Å². The van der Waals surface area contributed by atoms with Crippen LogP contribution in [-0.2, 0) is 9.47 Å². The summed E-state index contributed by atoms with van der Waals surface area (Å²) in [5.41, 5.74) is 0.776. The summed E-state index contributed by atoms with van der Waals surface area (Å²) < 4.78 is 12.2. The van der Waals surface area contributed by atoms with Gasteiger partial charge >= 0.3 is 0 Å². The molecule has 0 spiro atoms. The maximum absolute atomic E-state index is 12.8. The molecule has 1 atom stereocenters. The predicted octanol–water partition coefficient (Wildman–Crippen LogP) is 2.66. The van der Waals surface area contributed by atoms with Gasteiger partial charge < -0.3 is 14.4 Å². The molecule has 0 saturated carbocycles. The van der Waals surface area contributed by atoms with Crippen molar-refractivity contribution in [2.24, 2.45) is 0 Å². The zero-order chi connectivity index (χ0) is 13.9. The molecule has 2 fully saturated rings. The molecule has 3 rings (SSSR count). The Balaban J connectivity index is 1.82. The number of halogens is 1. The van der Waals surface area contributed by atoms with Crippen LogP contribution in [-0.4, -0.2) is 42.9 Å². The van der Waals surface area contributed by atoms with Crippen molar-refractivity contribution >= 4 is 28.5 Å². The van der Waals surface area contributed by atoms with Gasteiger partial charge in [-0.15, -0.1) is 0 Å². The predicted molar refractivity (Wildman–Crippen MR) is 83.5 cm³/mol. The minimum Gasteiger partial charge on any atom is -0.348 e. The summed E-state index contributed by atoms with van der Waals surface area (Å²) in [6, 6.07) is 7.78. The third-order valence-electron chi connectivity index (χ3n) is 3.88. The van der Waals surface area contributed by atoms with Gasteiger partial charge in [0.25, 0.3) is 5.91 Å². The minimum absolute atomic E-state index is 0.0507. The van der Waals surface area contributed by atoms with E-state index in [-0.39, 0.29) is 18.2 Å². The molecular formula is C15H18INO3. The van der Waals surface area contributed by atoms with E-state index in [1.165, 1.54) is 0 Å². The lowest BCUT2D eigenvalue weighted by atomic mass is 10.00. The van der Waals surface area contributed by atoms with Gasteiger partial charge in [0.2, 0.25) is 0 Å². The first-order chi connectivity index (χ1) is 9.77. The average Bonchev–Trinajstić information content (AvgIpc) is 3.01. The minimum atomic E-state index is -0.249. The number of piperidine rings is 1. The lowest BCUT2D eigenvalue weighted by molar-refractivity contribution is -0.100. The van der Waals surface area contributed by atoms with Crippen LogP contribution in [0.15, 0.2) is 24.3 Å². The molecular weight excluding hydrogens is 369 g/mol. The first kappa shape index (κ1) is 14.3. The summed E-state index contributed by atoms with van der Waals surface area (Å²) in [6.45, 7) is 2.05. The Labute approximate surface area is 132 Å². The van der Waals surface area contributed by atoms with E-state index in [9.17, 15) is 4.79 Å². The van der Waals surface area contributed by atoms with Crippen molar-refractivity contribution in [3.63, 3.8) is 0 Å². The third-order valence-corrected chi connectivity index (χ3v) is 4.82. The normalized spacial score (nSPS) is 24.1. The molecule has 0 aliphatic carbocycles. The number of carbonyl (C=O) groups excluding carboxylic acids is 1. The van der Waals surface area contributed by atoms with E-state index in [4.69, 9.17) is 9.47 Å². The lowest BCUT2D eigenvalue weighted by Crippen LogP contribution is -2.50. The smallest absolute Gasteiger partial charge is 0.255 e. The molecule has 108 valence electrons. The molecule has 0 aromatic heterocycles. The third kappa shape index (κ3) is 2.84. The zero-order valence-corrected chi connectivity index (χ0v) is 13.4. The van der Waals surface area contributed by atoms with E-state index in [0.29, 0.717) is 13.2 Å². The average molecular weight is 387 g/mol. The standard InChI is InChI=1S/C15H18INO3/c16-12-6-2-1-5-11(12)14(18)17-8-4-3-7-13(17)15-19-9-10-20-15/h1-2,5-6,13,15H,3-4,7-10H2. The summed E-state index contributed by atoms with van der Waals surface area (Å²) >= 11 is 2.22. The summed E-state index contributed by atoms with van der Waals surface area (Å²) in [5, 5.41) is 0. The van der Waals surface area contributed by atoms with Gasteiger partial charge in [-0.1, -0.05) is 12.1 Å². The molecule has 4 nitrogen and oxygen atoms in total. The molecule has 5 heteroatoms. The van der Waals surface area contributed by atoms with E-state index in [1.54, 1.807) is 0 Å². The van der Waals surface area contributed by atoms with E-state index in [0.717, 1.165) is 34.9 Å². The molecule has 0 radical (unpaired) electrons. The Morgan fingerprint density at radius 1 is 1.20 bits per heavy atom. The fourth-order valence-electron chi connectivity index (χ4n) is 2.88. The zero-order valence-electron chi connectivity index (χ0n) is 11.3. The Morgan fingerprint density at radius 3 is 2.70 bits per heavy atom. The number of likely N-dealkylation sites (tertiary alicyclic amines) is 1. The number of hydrogen-bond acceptors (Lipinski definition) is 3. The maximum Gasteiger partial charge on any atom is 0.255 e. The molecule has 0 N–H and O–H groups in total. The SMILES string of the molecule is O=C(c1ccccc1I)N1CCCCC1C1OCCO1. The fraction of sp³-hybridized carbons (Fsp3) is 0.533. The van der Waals surface area contributed by atoms with Crippen LogP contribution in [0.25, 0.3) is 0 Å². The number of benzene rings is 1. The van der Waals surface area contributed by atoms with Crippen LogP contribution in [0.3, 0.4) is 0 Å². The highest BCUT2D eigenvalue weighted by Gasteiger charge is 2.36. The molecule has 2 aliphatic rings. The largest absolute Gasteiger partial charge is 0.348 e. The van der Waals surface area contributed by atoms with Crippen molar-refractivity contribution in [3.05, 3.63) is 33.4 Å². The topological polar surface area (TPSA) is 38.8 Å². The molecule has 1 aromatic rings. The lowest BCUT2D eigenvalue weighted by Gasteiger charge is -2.38. The summed E-state index contributed by atoms with van der Waals surface area (Å²) in [6.07, 6.45) is 2.89. The second-order valence-electron chi connectivity index (χ2n) is 5.15. The van der Waals surface area contributed by atoms with Gasteiger partial charge in [-0.2, -0.15) is 0 Å². The first-order valence-corrected chi connectivity index (χ1v) is 8.14. The van der Waals surface area contributed by atoms with Crippen molar-refractivity contribution < 1.29 is 14.3 Å². The Hall–Kier alpha value is -0.660. The van der Waals surface area contributed by atoms with Crippen molar-refractivity contribution in [2.75, 3.05) is 19.8 Å². The maximum atomic E-state index is 12.8. The van der Waals surface area contributed by atoms with E-state index >= 15 is 0 Å². The monoisotopic (exact) mass is 387 g/mol. The summed E-state index contributed by atoms with van der Waals surface area (Å²) in [4.78, 5) is 14.7. The van der Waals surface area contributed by atoms with Crippen molar-refractivity contribution in [3.8, 4) is 0 Å². The van der Waals surface area contributed by atoms with E-state index < -0.39 is 0 Å². The van der Waals surface area contributed by atoms with Crippen LogP contribution < -0.4 is 0 Å². The Morgan fingerprint density at radius 2 is 1.95 bits per heavy atom. The van der Waals surface area contributed by atoms with Crippen LogP contribution in [0.1, 0.15) is 29.6 Å². The van der Waals surface area contributed by atoms with Gasteiger partial charge in [-0.05, 0) is 54.0 Å². The Bertz CT molecular complexity index is 488. The van der Waals surface area contributed by atoms with Crippen molar-refractivity contribution in [2.45, 2.75) is 31.6 Å². The molecule has 2 aliphatic heterocycles. The van der Waals surface area contributed by atoms with Gasteiger partial charge in [0, 0.05) is 10.1 Å². The molecule has 0 bridgehead atoms. The molecule has 20 heavy (non-hydrogen) atoms. The van der Waals surface area contributed by atoms with Gasteiger partial charge in [0.15, 0.2) is 6.29 Å². The molecule has 1 amide bonds. The number of ether oxygens (including phenoxy) is 2. The van der Waals surface area contributed by atoms with Gasteiger partial charge in [-0.3, -0.25) is 4.79 Å². The second kappa shape index (κ2) is 6.41. The number of hydrogen-bond donors (Lipinski definition) is 0. The van der Waals surface area contributed by atoms with Crippen molar-refractivity contribution in [1.29, 1.82) is 0 Å². The van der Waals surface area contributed by atoms with E-state index in [1.807, 2.05) is 29.2 Å². The van der Waals surface area contributed by atoms with Crippen LogP contribution in [0.2, 0.25) is 0 Å². The number of carbonyl (C=O) groups is 1. The molecule has 1 unspecified atom stereocenters. The number of amides is 1. The summed E-state index contributed by atoms with van der Waals surface area (Å²) in [7, 11) is 0. The highest BCUT2D eigenvalue weighted by molar-refractivity contribution is 14.1. The number of rotatable bonds is 2. The van der Waals surface area contributed by atoms with Crippen LogP contribution in [0.4, 0.5) is 0 Å². The first-order valence-electron chi connectivity index (χ1n) is 7.06. The fourth-order valence-corrected chi connectivity index (χ4v) is 3.50. The van der Waals surface area contributed by atoms with E-state index in [2.05, 4.69) is 22.6 Å².